The number of H-pyrrole nitrogens is 1. The van der Waals surface area contributed by atoms with E-state index in [4.69, 9.17) is 0 Å². The van der Waals surface area contributed by atoms with Crippen molar-refractivity contribution in [1.29, 1.82) is 0 Å². The van der Waals surface area contributed by atoms with Crippen molar-refractivity contribution in [1.82, 2.24) is 25.1 Å². The van der Waals surface area contributed by atoms with Crippen LogP contribution in [0.4, 0.5) is 0 Å². The van der Waals surface area contributed by atoms with Crippen LogP contribution in [0.1, 0.15) is 12.6 Å². The molecule has 0 fully saturated rings. The fraction of sp³-hybridized carbons (Fsp3) is 0.455. The third-order valence-electron chi connectivity index (χ3n) is 2.45. The van der Waals surface area contributed by atoms with Crippen LogP contribution in [-0.2, 0) is 13.1 Å². The molecule has 94 valence electrons. The molecule has 5 nitrogen and oxygen atoms in total. The number of nitrogens with one attached hydrogen (secondary N) is 2. The Kier molecular flexibility index (Phi) is 5.72. The van der Waals surface area contributed by atoms with Gasteiger partial charge >= 0.3 is 0 Å². The number of aromatic nitrogens is 4. The third kappa shape index (κ3) is 4.58. The number of halogens is 1. The van der Waals surface area contributed by atoms with Crippen LogP contribution in [0.15, 0.2) is 31.0 Å². The number of rotatable bonds is 6. The minimum Gasteiger partial charge on any atom is -0.337 e. The van der Waals surface area contributed by atoms with Gasteiger partial charge in [-0.05, 0) is 18.5 Å². The quantitative estimate of drug-likeness (QED) is 0.822. The maximum atomic E-state index is 4.03. The van der Waals surface area contributed by atoms with Crippen LogP contribution in [0, 0.1) is 5.92 Å². The number of nitrogens with zero attached hydrogens (tertiary/aromatic N) is 3. The maximum absolute atomic E-state index is 4.03. The third-order valence-corrected chi connectivity index (χ3v) is 2.45. The van der Waals surface area contributed by atoms with E-state index in [2.05, 4.69) is 32.0 Å². The van der Waals surface area contributed by atoms with E-state index >= 15 is 0 Å². The first kappa shape index (κ1) is 13.7. The fourth-order valence-corrected chi connectivity index (χ4v) is 1.66. The zero-order valence-corrected chi connectivity index (χ0v) is 10.7. The summed E-state index contributed by atoms with van der Waals surface area (Å²) in [6.45, 7) is 5.04. The minimum absolute atomic E-state index is 0. The van der Waals surface area contributed by atoms with Gasteiger partial charge in [0, 0.05) is 37.4 Å². The Morgan fingerprint density at radius 3 is 3.00 bits per heavy atom. The van der Waals surface area contributed by atoms with Crippen molar-refractivity contribution in [3.8, 4) is 0 Å². The Morgan fingerprint density at radius 1 is 1.47 bits per heavy atom. The highest BCUT2D eigenvalue weighted by molar-refractivity contribution is 5.85. The Bertz CT molecular complexity index is 384. The average molecular weight is 256 g/mol. The lowest BCUT2D eigenvalue weighted by Crippen LogP contribution is -2.23. The molecule has 1 atom stereocenters. The van der Waals surface area contributed by atoms with Gasteiger partial charge in [0.2, 0.25) is 0 Å². The fourth-order valence-electron chi connectivity index (χ4n) is 1.66. The van der Waals surface area contributed by atoms with E-state index in [-0.39, 0.29) is 12.4 Å². The summed E-state index contributed by atoms with van der Waals surface area (Å²) in [6, 6.07) is 1.98. The lowest BCUT2D eigenvalue weighted by Gasteiger charge is -2.12. The first-order valence-corrected chi connectivity index (χ1v) is 5.49. The smallest absolute Gasteiger partial charge is 0.0946 e. The van der Waals surface area contributed by atoms with Crippen molar-refractivity contribution in [3.63, 3.8) is 0 Å². The van der Waals surface area contributed by atoms with Crippen molar-refractivity contribution in [2.45, 2.75) is 20.0 Å². The molecule has 0 spiro atoms. The van der Waals surface area contributed by atoms with Crippen LogP contribution < -0.4 is 5.32 Å². The molecule has 0 aliphatic rings. The summed E-state index contributed by atoms with van der Waals surface area (Å²) in [4.78, 5) is 4.03. The van der Waals surface area contributed by atoms with Crippen LogP contribution in [0.2, 0.25) is 0 Å². The highest BCUT2D eigenvalue weighted by atomic mass is 35.5. The second-order valence-electron chi connectivity index (χ2n) is 4.08. The van der Waals surface area contributed by atoms with Gasteiger partial charge in [0.15, 0.2) is 0 Å². The molecule has 0 radical (unpaired) electrons. The minimum atomic E-state index is 0. The van der Waals surface area contributed by atoms with Crippen molar-refractivity contribution < 1.29 is 0 Å². The van der Waals surface area contributed by atoms with Crippen molar-refractivity contribution in [3.05, 3.63) is 36.7 Å². The zero-order valence-electron chi connectivity index (χ0n) is 9.84. The van der Waals surface area contributed by atoms with E-state index in [0.717, 1.165) is 25.3 Å². The summed E-state index contributed by atoms with van der Waals surface area (Å²) >= 11 is 0. The summed E-state index contributed by atoms with van der Waals surface area (Å²) in [5.74, 6) is 0.581. The van der Waals surface area contributed by atoms with E-state index in [1.165, 1.54) is 0 Å². The monoisotopic (exact) mass is 255 g/mol. The van der Waals surface area contributed by atoms with Gasteiger partial charge in [-0.2, -0.15) is 5.10 Å². The molecule has 0 saturated carbocycles. The molecule has 0 aliphatic heterocycles. The summed E-state index contributed by atoms with van der Waals surface area (Å²) in [5.41, 5.74) is 1.12. The molecule has 0 saturated heterocycles. The standard InChI is InChI=1S/C11H17N5.ClH/c1-10(8-16-5-4-12-9-16)6-13-7-11-2-3-14-15-11;/h2-5,9-10,13H,6-8H2,1H3,(H,14,15);1H. The predicted molar refractivity (Wildman–Crippen MR) is 68.9 cm³/mol. The largest absolute Gasteiger partial charge is 0.337 e. The summed E-state index contributed by atoms with van der Waals surface area (Å²) < 4.78 is 2.10. The summed E-state index contributed by atoms with van der Waals surface area (Å²) in [7, 11) is 0. The first-order valence-electron chi connectivity index (χ1n) is 5.49. The molecule has 2 rings (SSSR count). The molecular weight excluding hydrogens is 238 g/mol. The normalized spacial score (nSPS) is 12.1. The van der Waals surface area contributed by atoms with Gasteiger partial charge in [-0.25, -0.2) is 4.98 Å². The number of hydrogen-bond acceptors (Lipinski definition) is 3. The summed E-state index contributed by atoms with van der Waals surface area (Å²) in [5, 5.41) is 10.2. The van der Waals surface area contributed by atoms with Gasteiger partial charge in [0.1, 0.15) is 0 Å². The topological polar surface area (TPSA) is 58.5 Å². The Balaban J connectivity index is 0.00000144. The first-order chi connectivity index (χ1) is 7.84. The molecule has 2 heterocycles. The number of aromatic amines is 1. The van der Waals surface area contributed by atoms with E-state index in [0.29, 0.717) is 5.92 Å². The molecule has 2 N–H and O–H groups in total. The van der Waals surface area contributed by atoms with Crippen LogP contribution in [0.25, 0.3) is 0 Å². The molecule has 6 heteroatoms. The van der Waals surface area contributed by atoms with Gasteiger partial charge in [-0.3, -0.25) is 5.10 Å². The van der Waals surface area contributed by atoms with E-state index in [9.17, 15) is 0 Å². The predicted octanol–water partition coefficient (Wildman–Crippen LogP) is 1.45. The Morgan fingerprint density at radius 2 is 2.35 bits per heavy atom. The lowest BCUT2D eigenvalue weighted by molar-refractivity contribution is 0.443. The molecule has 2 aromatic rings. The molecule has 17 heavy (non-hydrogen) atoms. The molecule has 0 amide bonds. The summed E-state index contributed by atoms with van der Waals surface area (Å²) in [6.07, 6.45) is 7.42. The van der Waals surface area contributed by atoms with Gasteiger partial charge in [-0.1, -0.05) is 6.92 Å². The maximum Gasteiger partial charge on any atom is 0.0946 e. The highest BCUT2D eigenvalue weighted by Crippen LogP contribution is 1.99. The molecular formula is C11H18ClN5. The number of imidazole rings is 1. The number of hydrogen-bond donors (Lipinski definition) is 2. The second-order valence-corrected chi connectivity index (χ2v) is 4.08. The van der Waals surface area contributed by atoms with E-state index in [1.54, 1.807) is 6.20 Å². The van der Waals surface area contributed by atoms with E-state index < -0.39 is 0 Å². The zero-order chi connectivity index (χ0) is 11.2. The molecule has 0 aliphatic carbocycles. The van der Waals surface area contributed by atoms with E-state index in [1.807, 2.05) is 24.8 Å². The Labute approximate surface area is 107 Å². The van der Waals surface area contributed by atoms with Crippen LogP contribution in [-0.4, -0.2) is 26.3 Å². The van der Waals surface area contributed by atoms with Crippen LogP contribution >= 0.6 is 12.4 Å². The van der Waals surface area contributed by atoms with Gasteiger partial charge in [0.25, 0.3) is 0 Å². The van der Waals surface area contributed by atoms with Gasteiger partial charge < -0.3 is 9.88 Å². The SMILES string of the molecule is CC(CNCc1ccn[nH]1)Cn1ccnc1.Cl. The Hall–Kier alpha value is -1.33. The van der Waals surface area contributed by atoms with Gasteiger partial charge in [0.05, 0.1) is 6.33 Å². The highest BCUT2D eigenvalue weighted by Gasteiger charge is 2.02. The van der Waals surface area contributed by atoms with Crippen LogP contribution in [0.3, 0.4) is 0 Å². The molecule has 2 aromatic heterocycles. The lowest BCUT2D eigenvalue weighted by atomic mass is 10.2. The molecule has 0 bridgehead atoms. The molecule has 1 unspecified atom stereocenters. The average Bonchev–Trinajstić information content (AvgIpc) is 2.90. The molecule has 0 aromatic carbocycles. The van der Waals surface area contributed by atoms with Crippen molar-refractivity contribution in [2.75, 3.05) is 6.54 Å². The van der Waals surface area contributed by atoms with Crippen LogP contribution in [0.5, 0.6) is 0 Å². The van der Waals surface area contributed by atoms with Gasteiger partial charge in [-0.15, -0.1) is 12.4 Å². The van der Waals surface area contributed by atoms with Crippen molar-refractivity contribution in [2.24, 2.45) is 5.92 Å². The second kappa shape index (κ2) is 7.09. The van der Waals surface area contributed by atoms with Crippen molar-refractivity contribution >= 4 is 12.4 Å².